The number of rotatable bonds is 6. The fourth-order valence-electron chi connectivity index (χ4n) is 2.68. The molecule has 0 bridgehead atoms. The van der Waals surface area contributed by atoms with Gasteiger partial charge in [-0.3, -0.25) is 4.79 Å². The molecular formula is C20H17FN4O2S. The topological polar surface area (TPSA) is 112 Å². The Morgan fingerprint density at radius 2 is 2.18 bits per heavy atom. The second-order valence-electron chi connectivity index (χ2n) is 6.25. The van der Waals surface area contributed by atoms with Crippen LogP contribution < -0.4 is 11.1 Å². The van der Waals surface area contributed by atoms with Crippen LogP contribution in [-0.4, -0.2) is 22.1 Å². The van der Waals surface area contributed by atoms with E-state index >= 15 is 0 Å². The first-order chi connectivity index (χ1) is 13.4. The van der Waals surface area contributed by atoms with E-state index in [1.54, 1.807) is 31.2 Å². The van der Waals surface area contributed by atoms with E-state index in [4.69, 9.17) is 11.0 Å². The quantitative estimate of drug-likeness (QED) is 0.589. The Labute approximate surface area is 165 Å². The van der Waals surface area contributed by atoms with Crippen LogP contribution in [0.3, 0.4) is 0 Å². The standard InChI is InChI=1S/C20H17FN4O2S/c1-11(26)6-12-2-4-14(16(21)7-12)17-8-15(19(23)27)20(28-17)25-18-5-3-13(9-22)10-24-18/h2-5,7-8,10-11,26H,6H2,1H3,(H2,23,27)(H,24,25). The molecule has 6 nitrogen and oxygen atoms in total. The van der Waals surface area contributed by atoms with Gasteiger partial charge in [-0.05, 0) is 43.2 Å². The van der Waals surface area contributed by atoms with Crippen molar-refractivity contribution < 1.29 is 14.3 Å². The van der Waals surface area contributed by atoms with Crippen molar-refractivity contribution in [2.45, 2.75) is 19.4 Å². The van der Waals surface area contributed by atoms with Gasteiger partial charge in [0.2, 0.25) is 0 Å². The molecule has 3 aromatic rings. The number of anilines is 2. The molecule has 2 aromatic heterocycles. The number of aliphatic hydroxyl groups excluding tert-OH is 1. The van der Waals surface area contributed by atoms with E-state index in [0.717, 1.165) is 0 Å². The minimum atomic E-state index is -0.648. The van der Waals surface area contributed by atoms with Crippen LogP contribution in [0.25, 0.3) is 10.4 Å². The van der Waals surface area contributed by atoms with Gasteiger partial charge in [-0.2, -0.15) is 5.26 Å². The zero-order valence-electron chi connectivity index (χ0n) is 14.9. The fraction of sp³-hybridized carbons (Fsp3) is 0.150. The third kappa shape index (κ3) is 4.34. The molecule has 1 amide bonds. The molecule has 0 saturated carbocycles. The number of benzene rings is 1. The minimum absolute atomic E-state index is 0.221. The number of carbonyl (C=O) groups is 1. The van der Waals surface area contributed by atoms with E-state index in [0.29, 0.717) is 38.8 Å². The Balaban J connectivity index is 1.94. The van der Waals surface area contributed by atoms with Gasteiger partial charge in [-0.1, -0.05) is 12.1 Å². The lowest BCUT2D eigenvalue weighted by atomic mass is 10.0. The SMILES string of the molecule is CC(O)Cc1ccc(-c2cc(C(N)=O)c(Nc3ccc(C#N)cn3)s2)c(F)c1. The molecule has 0 radical (unpaired) electrons. The van der Waals surface area contributed by atoms with Gasteiger partial charge in [-0.15, -0.1) is 11.3 Å². The lowest BCUT2D eigenvalue weighted by molar-refractivity contribution is 0.100. The Kier molecular flexibility index (Phi) is 5.68. The third-order valence-electron chi connectivity index (χ3n) is 3.96. The Hall–Kier alpha value is -3.28. The Morgan fingerprint density at radius 1 is 1.39 bits per heavy atom. The number of aliphatic hydroxyl groups is 1. The van der Waals surface area contributed by atoms with Gasteiger partial charge >= 0.3 is 0 Å². The van der Waals surface area contributed by atoms with Gasteiger partial charge in [0.1, 0.15) is 22.7 Å². The Bertz CT molecular complexity index is 1060. The predicted octanol–water partition coefficient (Wildman–Crippen LogP) is 3.59. The molecule has 0 aliphatic carbocycles. The molecule has 0 saturated heterocycles. The molecular weight excluding hydrogens is 379 g/mol. The number of halogens is 1. The maximum Gasteiger partial charge on any atom is 0.251 e. The average Bonchev–Trinajstić information content (AvgIpc) is 3.05. The lowest BCUT2D eigenvalue weighted by Gasteiger charge is -2.07. The number of pyridine rings is 1. The molecule has 28 heavy (non-hydrogen) atoms. The van der Waals surface area contributed by atoms with E-state index in [1.807, 2.05) is 6.07 Å². The van der Waals surface area contributed by atoms with Gasteiger partial charge < -0.3 is 16.2 Å². The summed E-state index contributed by atoms with van der Waals surface area (Å²) in [6.45, 7) is 1.64. The zero-order chi connectivity index (χ0) is 20.3. The van der Waals surface area contributed by atoms with Crippen LogP contribution in [0.4, 0.5) is 15.2 Å². The highest BCUT2D eigenvalue weighted by molar-refractivity contribution is 7.19. The van der Waals surface area contributed by atoms with Crippen LogP contribution in [0.1, 0.15) is 28.4 Å². The van der Waals surface area contributed by atoms with Gasteiger partial charge in [0.05, 0.1) is 17.2 Å². The summed E-state index contributed by atoms with van der Waals surface area (Å²) in [5, 5.41) is 21.7. The summed E-state index contributed by atoms with van der Waals surface area (Å²) in [7, 11) is 0. The molecule has 2 heterocycles. The number of primary amides is 1. The largest absolute Gasteiger partial charge is 0.393 e. The summed E-state index contributed by atoms with van der Waals surface area (Å²) in [5.74, 6) is -0.661. The number of nitrogens with two attached hydrogens (primary N) is 1. The molecule has 3 rings (SSSR count). The van der Waals surface area contributed by atoms with E-state index in [9.17, 15) is 14.3 Å². The van der Waals surface area contributed by atoms with Gasteiger partial charge in [0.15, 0.2) is 0 Å². The summed E-state index contributed by atoms with van der Waals surface area (Å²) < 4.78 is 14.6. The third-order valence-corrected chi connectivity index (χ3v) is 5.05. The molecule has 142 valence electrons. The first kappa shape index (κ1) is 19.5. The highest BCUT2D eigenvalue weighted by Crippen LogP contribution is 2.38. The maximum atomic E-state index is 14.6. The van der Waals surface area contributed by atoms with E-state index in [-0.39, 0.29) is 5.56 Å². The molecule has 1 unspecified atom stereocenters. The van der Waals surface area contributed by atoms with Crippen molar-refractivity contribution >= 4 is 28.1 Å². The van der Waals surface area contributed by atoms with Gasteiger partial charge in [0, 0.05) is 16.6 Å². The molecule has 1 atom stereocenters. The van der Waals surface area contributed by atoms with Crippen LogP contribution in [0.2, 0.25) is 0 Å². The molecule has 0 aliphatic rings. The molecule has 0 spiro atoms. The summed E-state index contributed by atoms with van der Waals surface area (Å²) >= 11 is 1.17. The smallest absolute Gasteiger partial charge is 0.251 e. The van der Waals surface area contributed by atoms with Crippen LogP contribution in [0.15, 0.2) is 42.6 Å². The van der Waals surface area contributed by atoms with Crippen LogP contribution in [-0.2, 0) is 6.42 Å². The highest BCUT2D eigenvalue weighted by Gasteiger charge is 2.18. The average molecular weight is 396 g/mol. The number of nitriles is 1. The monoisotopic (exact) mass is 396 g/mol. The van der Waals surface area contributed by atoms with Crippen LogP contribution in [0, 0.1) is 17.1 Å². The van der Waals surface area contributed by atoms with Gasteiger partial charge in [0.25, 0.3) is 5.91 Å². The minimum Gasteiger partial charge on any atom is -0.393 e. The lowest BCUT2D eigenvalue weighted by Crippen LogP contribution is -2.11. The fourth-order valence-corrected chi connectivity index (χ4v) is 3.77. The number of hydrogen-bond donors (Lipinski definition) is 3. The molecule has 8 heteroatoms. The summed E-state index contributed by atoms with van der Waals surface area (Å²) in [4.78, 5) is 16.5. The van der Waals surface area contributed by atoms with Crippen molar-refractivity contribution in [2.24, 2.45) is 5.73 Å². The molecule has 0 fully saturated rings. The number of amides is 1. The Morgan fingerprint density at radius 3 is 2.75 bits per heavy atom. The van der Waals surface area contributed by atoms with E-state index < -0.39 is 17.8 Å². The second kappa shape index (κ2) is 8.17. The van der Waals surface area contributed by atoms with E-state index in [2.05, 4.69) is 10.3 Å². The first-order valence-electron chi connectivity index (χ1n) is 8.41. The summed E-state index contributed by atoms with van der Waals surface area (Å²) in [5.41, 5.74) is 7.11. The maximum absolute atomic E-state index is 14.6. The molecule has 4 N–H and O–H groups in total. The highest BCUT2D eigenvalue weighted by atomic mass is 32.1. The van der Waals surface area contributed by atoms with Crippen molar-refractivity contribution in [2.75, 3.05) is 5.32 Å². The van der Waals surface area contributed by atoms with Gasteiger partial charge in [-0.25, -0.2) is 9.37 Å². The number of nitrogens with one attached hydrogen (secondary N) is 1. The van der Waals surface area contributed by atoms with Crippen molar-refractivity contribution in [3.05, 3.63) is 65.1 Å². The number of aromatic nitrogens is 1. The normalized spacial score (nSPS) is 11.6. The van der Waals surface area contributed by atoms with Crippen molar-refractivity contribution in [3.8, 4) is 16.5 Å². The molecule has 1 aromatic carbocycles. The van der Waals surface area contributed by atoms with Crippen LogP contribution >= 0.6 is 11.3 Å². The predicted molar refractivity (Wildman–Crippen MR) is 106 cm³/mol. The number of carbonyl (C=O) groups excluding carboxylic acids is 1. The number of nitrogens with zero attached hydrogens (tertiary/aromatic N) is 2. The second-order valence-corrected chi connectivity index (χ2v) is 7.31. The zero-order valence-corrected chi connectivity index (χ0v) is 15.8. The molecule has 0 aliphatic heterocycles. The summed E-state index contributed by atoms with van der Waals surface area (Å²) in [6, 6.07) is 11.4. The first-order valence-corrected chi connectivity index (χ1v) is 9.22. The van der Waals surface area contributed by atoms with Crippen molar-refractivity contribution in [1.29, 1.82) is 5.26 Å². The van der Waals surface area contributed by atoms with Crippen molar-refractivity contribution in [1.82, 2.24) is 4.98 Å². The van der Waals surface area contributed by atoms with Crippen LogP contribution in [0.5, 0.6) is 0 Å². The van der Waals surface area contributed by atoms with Crippen molar-refractivity contribution in [3.63, 3.8) is 0 Å². The number of thiophene rings is 1. The summed E-state index contributed by atoms with van der Waals surface area (Å²) in [6.07, 6.45) is 1.19. The number of hydrogen-bond acceptors (Lipinski definition) is 6. The van der Waals surface area contributed by atoms with E-state index in [1.165, 1.54) is 29.7 Å².